The van der Waals surface area contributed by atoms with Crippen LogP contribution >= 0.6 is 31.0 Å². The number of hydrogen-bond acceptors (Lipinski definition) is 5. The van der Waals surface area contributed by atoms with Gasteiger partial charge in [0, 0.05) is 72.0 Å². The number of benzene rings is 2. The number of phosphoric acid groups is 1. The average Bonchev–Trinajstić information content (AvgIpc) is 3.69. The Morgan fingerprint density at radius 2 is 1.36 bits per heavy atom. The van der Waals surface area contributed by atoms with E-state index in [-0.39, 0.29) is 41.0 Å². The second-order valence-corrected chi connectivity index (χ2v) is 15.1. The van der Waals surface area contributed by atoms with Gasteiger partial charge in [0.15, 0.2) is 5.75 Å². The first-order valence-corrected chi connectivity index (χ1v) is 17.4. The third-order valence-corrected chi connectivity index (χ3v) is 11.7. The molecule has 9 rings (SSSR count). The number of amides is 2. The molecule has 0 spiro atoms. The fraction of sp³-hybridized carbons (Fsp3) is 0.419. The van der Waals surface area contributed by atoms with E-state index in [9.17, 15) is 29.0 Å². The lowest BCUT2D eigenvalue weighted by molar-refractivity contribution is -0.204. The summed E-state index contributed by atoms with van der Waals surface area (Å²) in [5, 5.41) is 12.4. The maximum atomic E-state index is 14.3. The van der Waals surface area contributed by atoms with Crippen molar-refractivity contribution in [2.45, 2.75) is 44.9 Å². The molecular formula is C31H31Cl2N4O7P. The topological polar surface area (TPSA) is 159 Å². The van der Waals surface area contributed by atoms with Gasteiger partial charge in [-0.05, 0) is 55.4 Å². The van der Waals surface area contributed by atoms with Gasteiger partial charge in [0.25, 0.3) is 0 Å². The van der Waals surface area contributed by atoms with Crippen molar-refractivity contribution in [1.29, 1.82) is 0 Å². The molecule has 5 aliphatic rings. The van der Waals surface area contributed by atoms with Gasteiger partial charge in [-0.25, -0.2) is 4.57 Å². The lowest BCUT2D eigenvalue weighted by atomic mass is 9.34. The van der Waals surface area contributed by atoms with E-state index in [1.165, 1.54) is 6.07 Å². The highest BCUT2D eigenvalue weighted by atomic mass is 35.5. The number of phosphoric ester groups is 1. The Morgan fingerprint density at radius 1 is 0.889 bits per heavy atom. The van der Waals surface area contributed by atoms with E-state index in [1.807, 2.05) is 20.0 Å². The standard InChI is InChI=1S/C31H31Cl2N4O7P/c1-14-7-34-26-20(38)3-18-24(22(14)26)16(5-32)9-36(18)28(39)30-11-31(12-30,13-30)29(40)37-10-17(6-33)25-19(37)4-21(44-45(41,42)43)27-23(25)15(2)8-35-27/h3-4,7-8,16-17,34-35,38H,5-6,9-13H2,1-2H3,(H2,41,42,43)/t16-,17-,30?,31?/m1/s1. The summed E-state index contributed by atoms with van der Waals surface area (Å²) in [4.78, 5) is 57.2. The molecule has 2 aromatic heterocycles. The van der Waals surface area contributed by atoms with Gasteiger partial charge in [-0.15, -0.1) is 23.2 Å². The first-order valence-electron chi connectivity index (χ1n) is 14.8. The highest BCUT2D eigenvalue weighted by Crippen LogP contribution is 2.75. The van der Waals surface area contributed by atoms with Crippen LogP contribution in [0, 0.1) is 24.7 Å². The van der Waals surface area contributed by atoms with E-state index < -0.39 is 18.7 Å². The summed E-state index contributed by atoms with van der Waals surface area (Å²) in [7, 11) is -4.89. The number of carbonyl (C=O) groups excluding carboxylic acids is 2. The number of halogens is 2. The molecule has 5 N–H and O–H groups in total. The number of carbonyl (C=O) groups is 2. The van der Waals surface area contributed by atoms with Gasteiger partial charge in [-0.2, -0.15) is 0 Å². The molecule has 3 aliphatic carbocycles. The van der Waals surface area contributed by atoms with Crippen LogP contribution in [0.4, 0.5) is 11.4 Å². The van der Waals surface area contributed by atoms with E-state index in [2.05, 4.69) is 9.97 Å². The number of nitrogens with zero attached hydrogens (tertiary/aromatic N) is 2. The molecule has 14 heteroatoms. The largest absolute Gasteiger partial charge is 0.524 e. The molecule has 0 unspecified atom stereocenters. The number of phenolic OH excluding ortho intramolecular Hbond substituents is 1. The fourth-order valence-corrected chi connectivity index (χ4v) is 9.59. The van der Waals surface area contributed by atoms with Crippen LogP contribution in [0.15, 0.2) is 24.5 Å². The van der Waals surface area contributed by atoms with Gasteiger partial charge in [-0.1, -0.05) is 0 Å². The molecular weight excluding hydrogens is 642 g/mol. The molecule has 2 aliphatic heterocycles. The molecule has 3 fully saturated rings. The second-order valence-electron chi connectivity index (χ2n) is 13.3. The Morgan fingerprint density at radius 3 is 1.84 bits per heavy atom. The van der Waals surface area contributed by atoms with Crippen molar-refractivity contribution in [3.8, 4) is 11.5 Å². The Balaban J connectivity index is 1.10. The van der Waals surface area contributed by atoms with Crippen molar-refractivity contribution in [3.63, 3.8) is 0 Å². The number of aryl methyl sites for hydroxylation is 2. The Labute approximate surface area is 267 Å². The van der Waals surface area contributed by atoms with Crippen molar-refractivity contribution in [2.24, 2.45) is 10.8 Å². The first-order chi connectivity index (χ1) is 21.3. The van der Waals surface area contributed by atoms with Gasteiger partial charge in [-0.3, -0.25) is 19.4 Å². The van der Waals surface area contributed by atoms with Crippen molar-refractivity contribution in [2.75, 3.05) is 34.6 Å². The van der Waals surface area contributed by atoms with Gasteiger partial charge >= 0.3 is 7.82 Å². The van der Waals surface area contributed by atoms with Crippen LogP contribution in [0.3, 0.4) is 0 Å². The maximum Gasteiger partial charge on any atom is 0.524 e. The summed E-state index contributed by atoms with van der Waals surface area (Å²) in [6, 6.07) is 3.14. The molecule has 45 heavy (non-hydrogen) atoms. The number of anilines is 2. The number of hydrogen-bond donors (Lipinski definition) is 5. The molecule has 2 amide bonds. The van der Waals surface area contributed by atoms with Gasteiger partial charge in [0.2, 0.25) is 11.8 Å². The van der Waals surface area contributed by atoms with Gasteiger partial charge in [0.05, 0.1) is 33.2 Å². The van der Waals surface area contributed by atoms with E-state index >= 15 is 0 Å². The van der Waals surface area contributed by atoms with E-state index in [0.29, 0.717) is 60.6 Å². The molecule has 0 saturated heterocycles. The number of fused-ring (bicyclic) bond motifs is 6. The van der Waals surface area contributed by atoms with Crippen LogP contribution in [-0.2, 0) is 14.2 Å². The number of aromatic hydroxyl groups is 1. The molecule has 0 radical (unpaired) electrons. The molecule has 2 aromatic carbocycles. The third kappa shape index (κ3) is 3.88. The first kappa shape index (κ1) is 29.2. The minimum atomic E-state index is -4.89. The van der Waals surface area contributed by atoms with Crippen LogP contribution in [0.25, 0.3) is 21.8 Å². The minimum Gasteiger partial charge on any atom is -0.506 e. The fourth-order valence-electron chi connectivity index (χ4n) is 8.69. The van der Waals surface area contributed by atoms with Crippen LogP contribution < -0.4 is 14.3 Å². The summed E-state index contributed by atoms with van der Waals surface area (Å²) < 4.78 is 16.9. The zero-order valence-electron chi connectivity index (χ0n) is 24.5. The maximum absolute atomic E-state index is 14.3. The van der Waals surface area contributed by atoms with Crippen molar-refractivity contribution in [1.82, 2.24) is 9.97 Å². The highest BCUT2D eigenvalue weighted by molar-refractivity contribution is 7.46. The number of phenols is 1. The normalized spacial score (nSPS) is 26.6. The quantitative estimate of drug-likeness (QED) is 0.131. The van der Waals surface area contributed by atoms with Crippen LogP contribution in [-0.4, -0.2) is 61.5 Å². The Hall–Kier alpha value is -3.21. The zero-order chi connectivity index (χ0) is 31.8. The van der Waals surface area contributed by atoms with E-state index in [1.54, 1.807) is 22.1 Å². The number of aromatic amines is 2. The van der Waals surface area contributed by atoms with Gasteiger partial charge in [0.1, 0.15) is 5.75 Å². The Bertz CT molecular complexity index is 2010. The summed E-state index contributed by atoms with van der Waals surface area (Å²) >= 11 is 12.8. The molecule has 11 nitrogen and oxygen atoms in total. The second kappa shape index (κ2) is 9.42. The molecule has 2 atom stereocenters. The van der Waals surface area contributed by atoms with Crippen LogP contribution in [0.2, 0.25) is 0 Å². The molecule has 4 aromatic rings. The SMILES string of the molecule is Cc1c[nH]c2c(O)cc3c(c12)[C@H](CCl)CN3C(=O)C12CC(C(=O)N3C[C@@H](CCl)c4c3cc(OP(=O)(O)O)c3[nH]cc(C)c43)(C1)C2. The molecule has 4 heterocycles. The van der Waals surface area contributed by atoms with Crippen molar-refractivity contribution >= 4 is 76.0 Å². The van der Waals surface area contributed by atoms with E-state index in [0.717, 1.165) is 33.0 Å². The number of aromatic nitrogens is 2. The predicted octanol–water partition coefficient (Wildman–Crippen LogP) is 5.65. The van der Waals surface area contributed by atoms with Gasteiger partial charge < -0.3 is 29.4 Å². The summed E-state index contributed by atoms with van der Waals surface area (Å²) in [5.41, 5.74) is 4.50. The summed E-state index contributed by atoms with van der Waals surface area (Å²) in [6.07, 6.45) is 4.78. The zero-order valence-corrected chi connectivity index (χ0v) is 26.9. The molecule has 2 bridgehead atoms. The average molecular weight is 673 g/mol. The lowest BCUT2D eigenvalue weighted by Crippen LogP contribution is -2.73. The summed E-state index contributed by atoms with van der Waals surface area (Å²) in [5.74, 6) is 0.158. The lowest BCUT2D eigenvalue weighted by Gasteiger charge is -2.69. The minimum absolute atomic E-state index is 0.0426. The Kier molecular flexibility index (Phi) is 6.12. The highest BCUT2D eigenvalue weighted by Gasteiger charge is 2.76. The van der Waals surface area contributed by atoms with Crippen molar-refractivity contribution in [3.05, 3.63) is 46.8 Å². The molecule has 236 valence electrons. The van der Waals surface area contributed by atoms with Crippen molar-refractivity contribution < 1.29 is 33.6 Å². The smallest absolute Gasteiger partial charge is 0.506 e. The van der Waals surface area contributed by atoms with Crippen LogP contribution in [0.1, 0.15) is 53.4 Å². The number of rotatable bonds is 6. The summed E-state index contributed by atoms with van der Waals surface area (Å²) in [6.45, 7) is 4.57. The molecule has 3 saturated carbocycles. The number of nitrogens with one attached hydrogen (secondary N) is 2. The predicted molar refractivity (Wildman–Crippen MR) is 171 cm³/mol. The van der Waals surface area contributed by atoms with Crippen LogP contribution in [0.5, 0.6) is 11.5 Å². The monoisotopic (exact) mass is 672 g/mol. The number of alkyl halides is 2. The number of H-pyrrole nitrogens is 2. The third-order valence-electron chi connectivity index (χ3n) is 10.5. The van der Waals surface area contributed by atoms with E-state index in [4.69, 9.17) is 27.7 Å².